The van der Waals surface area contributed by atoms with Crippen LogP contribution in [0.25, 0.3) is 0 Å². The van der Waals surface area contributed by atoms with Gasteiger partial charge in [0.15, 0.2) is 11.8 Å². The number of halogens is 2. The fourth-order valence-corrected chi connectivity index (χ4v) is 2.01. The summed E-state index contributed by atoms with van der Waals surface area (Å²) in [5.74, 6) is 2.15. The molecule has 0 fully saturated rings. The van der Waals surface area contributed by atoms with E-state index >= 15 is 0 Å². The van der Waals surface area contributed by atoms with Crippen molar-refractivity contribution < 1.29 is 4.39 Å². The first-order valence-electron chi connectivity index (χ1n) is 7.63. The van der Waals surface area contributed by atoms with Crippen molar-refractivity contribution in [3.63, 3.8) is 0 Å². The summed E-state index contributed by atoms with van der Waals surface area (Å²) in [5, 5.41) is 14.5. The molecule has 0 radical (unpaired) electrons. The Morgan fingerprint density at radius 2 is 2.00 bits per heavy atom. The van der Waals surface area contributed by atoms with Gasteiger partial charge in [-0.15, -0.1) is 34.2 Å². The van der Waals surface area contributed by atoms with E-state index in [2.05, 4.69) is 25.8 Å². The van der Waals surface area contributed by atoms with E-state index in [0.29, 0.717) is 24.6 Å². The van der Waals surface area contributed by atoms with Crippen LogP contribution in [0.3, 0.4) is 0 Å². The first-order valence-corrected chi connectivity index (χ1v) is 7.63. The minimum atomic E-state index is -0.204. The Kier molecular flexibility index (Phi) is 8.09. The van der Waals surface area contributed by atoms with Gasteiger partial charge in [0.2, 0.25) is 0 Å². The van der Waals surface area contributed by atoms with Crippen LogP contribution in [0.2, 0.25) is 0 Å². The van der Waals surface area contributed by atoms with Gasteiger partial charge in [-0.1, -0.05) is 12.1 Å². The highest BCUT2D eigenvalue weighted by Crippen LogP contribution is 2.10. The summed E-state index contributed by atoms with van der Waals surface area (Å²) in [6.07, 6.45) is 0. The monoisotopic (exact) mass is 446 g/mol. The molecule has 6 nitrogen and oxygen atoms in total. The Bertz CT molecular complexity index is 698. The molecule has 132 valence electrons. The molecular weight excluding hydrogens is 422 g/mol. The van der Waals surface area contributed by atoms with Crippen LogP contribution in [0, 0.1) is 19.7 Å². The maximum absolute atomic E-state index is 13.6. The number of guanidine groups is 1. The van der Waals surface area contributed by atoms with E-state index in [-0.39, 0.29) is 29.8 Å². The van der Waals surface area contributed by atoms with Gasteiger partial charge in [0.1, 0.15) is 11.6 Å². The highest BCUT2D eigenvalue weighted by atomic mass is 127. The van der Waals surface area contributed by atoms with Crippen LogP contribution in [-0.4, -0.2) is 27.3 Å². The van der Waals surface area contributed by atoms with Crippen LogP contribution in [0.4, 0.5) is 4.39 Å². The van der Waals surface area contributed by atoms with Crippen molar-refractivity contribution in [2.24, 2.45) is 12.0 Å². The Balaban J connectivity index is 0.00000288. The number of aromatic nitrogens is 3. The molecule has 1 aromatic carbocycles. The zero-order valence-electron chi connectivity index (χ0n) is 14.4. The molecular formula is C16H24FIN6. The molecule has 8 heteroatoms. The third kappa shape index (κ3) is 5.43. The van der Waals surface area contributed by atoms with Gasteiger partial charge in [-0.2, -0.15) is 0 Å². The molecule has 2 aromatic rings. The van der Waals surface area contributed by atoms with Gasteiger partial charge in [0.05, 0.1) is 13.1 Å². The Morgan fingerprint density at radius 3 is 2.58 bits per heavy atom. The minimum absolute atomic E-state index is 0. The lowest BCUT2D eigenvalue weighted by Crippen LogP contribution is -2.37. The SMILES string of the molecule is CCNC(=NCc1ccc(C)c(F)c1)NCc1nnc(C)n1C.I. The van der Waals surface area contributed by atoms with E-state index in [1.807, 2.05) is 31.5 Å². The van der Waals surface area contributed by atoms with Gasteiger partial charge in [-0.05, 0) is 38.0 Å². The molecule has 2 rings (SSSR count). The molecule has 0 bridgehead atoms. The van der Waals surface area contributed by atoms with Crippen LogP contribution in [0.5, 0.6) is 0 Å². The molecule has 0 spiro atoms. The van der Waals surface area contributed by atoms with Crippen molar-refractivity contribution in [3.05, 3.63) is 46.8 Å². The lowest BCUT2D eigenvalue weighted by Gasteiger charge is -2.11. The van der Waals surface area contributed by atoms with Crippen molar-refractivity contribution in [1.29, 1.82) is 0 Å². The quantitative estimate of drug-likeness (QED) is 0.421. The molecule has 0 aliphatic rings. The second kappa shape index (κ2) is 9.55. The van der Waals surface area contributed by atoms with Crippen molar-refractivity contribution >= 4 is 29.9 Å². The summed E-state index contributed by atoms with van der Waals surface area (Å²) in [6.45, 7) is 7.32. The summed E-state index contributed by atoms with van der Waals surface area (Å²) in [7, 11) is 1.92. The molecule has 0 aliphatic heterocycles. The molecule has 0 atom stereocenters. The van der Waals surface area contributed by atoms with Gasteiger partial charge in [0, 0.05) is 13.6 Å². The molecule has 1 aromatic heterocycles. The molecule has 0 saturated heterocycles. The standard InChI is InChI=1S/C16H23FN6.HI/c1-5-18-16(20-10-15-22-21-12(3)23(15)4)19-9-13-7-6-11(2)14(17)8-13;/h6-8H,5,9-10H2,1-4H3,(H2,18,19,20);1H. The summed E-state index contributed by atoms with van der Waals surface area (Å²) in [4.78, 5) is 4.48. The fourth-order valence-electron chi connectivity index (χ4n) is 2.01. The van der Waals surface area contributed by atoms with Crippen molar-refractivity contribution in [2.75, 3.05) is 6.54 Å². The molecule has 0 unspecified atom stereocenters. The summed E-state index contributed by atoms with van der Waals surface area (Å²) in [6, 6.07) is 5.18. The van der Waals surface area contributed by atoms with E-state index in [0.717, 1.165) is 23.8 Å². The average molecular weight is 446 g/mol. The molecule has 0 saturated carbocycles. The Hall–Kier alpha value is -1.71. The van der Waals surface area contributed by atoms with E-state index in [1.54, 1.807) is 13.0 Å². The van der Waals surface area contributed by atoms with Crippen molar-refractivity contribution in [3.8, 4) is 0 Å². The van der Waals surface area contributed by atoms with E-state index < -0.39 is 0 Å². The third-order valence-electron chi connectivity index (χ3n) is 3.60. The van der Waals surface area contributed by atoms with E-state index in [4.69, 9.17) is 0 Å². The number of aliphatic imine (C=N–C) groups is 1. The molecule has 24 heavy (non-hydrogen) atoms. The van der Waals surface area contributed by atoms with Crippen molar-refractivity contribution in [1.82, 2.24) is 25.4 Å². The highest BCUT2D eigenvalue weighted by Gasteiger charge is 2.06. The molecule has 0 aliphatic carbocycles. The summed E-state index contributed by atoms with van der Waals surface area (Å²) in [5.41, 5.74) is 1.47. The Morgan fingerprint density at radius 1 is 1.25 bits per heavy atom. The molecule has 1 heterocycles. The van der Waals surface area contributed by atoms with Gasteiger partial charge in [-0.25, -0.2) is 9.38 Å². The van der Waals surface area contributed by atoms with Crippen LogP contribution in [-0.2, 0) is 20.1 Å². The van der Waals surface area contributed by atoms with E-state index in [1.165, 1.54) is 6.07 Å². The number of hydrogen-bond acceptors (Lipinski definition) is 3. The first-order chi connectivity index (χ1) is 11.0. The topological polar surface area (TPSA) is 67.1 Å². The van der Waals surface area contributed by atoms with Gasteiger partial charge in [0.25, 0.3) is 0 Å². The van der Waals surface area contributed by atoms with Gasteiger partial charge >= 0.3 is 0 Å². The smallest absolute Gasteiger partial charge is 0.191 e. The average Bonchev–Trinajstić information content (AvgIpc) is 2.85. The number of nitrogens with one attached hydrogen (secondary N) is 2. The first kappa shape index (κ1) is 20.3. The predicted octanol–water partition coefficient (Wildman–Crippen LogP) is 2.44. The van der Waals surface area contributed by atoms with Gasteiger partial charge in [-0.3, -0.25) is 0 Å². The number of rotatable bonds is 5. The summed E-state index contributed by atoms with van der Waals surface area (Å²) >= 11 is 0. The minimum Gasteiger partial charge on any atom is -0.357 e. The number of nitrogens with zero attached hydrogens (tertiary/aromatic N) is 4. The molecule has 0 amide bonds. The number of benzene rings is 1. The maximum atomic E-state index is 13.6. The lowest BCUT2D eigenvalue weighted by molar-refractivity contribution is 0.616. The second-order valence-corrected chi connectivity index (χ2v) is 5.35. The molecule has 2 N–H and O–H groups in total. The van der Waals surface area contributed by atoms with Crippen LogP contribution in [0.15, 0.2) is 23.2 Å². The summed E-state index contributed by atoms with van der Waals surface area (Å²) < 4.78 is 15.5. The third-order valence-corrected chi connectivity index (χ3v) is 3.60. The largest absolute Gasteiger partial charge is 0.357 e. The van der Waals surface area contributed by atoms with Crippen molar-refractivity contribution in [2.45, 2.75) is 33.9 Å². The maximum Gasteiger partial charge on any atom is 0.191 e. The van der Waals surface area contributed by atoms with Crippen LogP contribution >= 0.6 is 24.0 Å². The zero-order valence-corrected chi connectivity index (χ0v) is 16.8. The zero-order chi connectivity index (χ0) is 16.8. The number of hydrogen-bond donors (Lipinski definition) is 2. The normalized spacial score (nSPS) is 11.1. The van der Waals surface area contributed by atoms with Crippen LogP contribution < -0.4 is 10.6 Å². The Labute approximate surface area is 159 Å². The van der Waals surface area contributed by atoms with E-state index in [9.17, 15) is 4.39 Å². The van der Waals surface area contributed by atoms with Gasteiger partial charge < -0.3 is 15.2 Å². The van der Waals surface area contributed by atoms with Crippen LogP contribution in [0.1, 0.15) is 29.7 Å². The highest BCUT2D eigenvalue weighted by molar-refractivity contribution is 14.0. The predicted molar refractivity (Wildman–Crippen MR) is 104 cm³/mol. The second-order valence-electron chi connectivity index (χ2n) is 5.35. The fraction of sp³-hybridized carbons (Fsp3) is 0.438. The number of aryl methyl sites for hydroxylation is 2. The lowest BCUT2D eigenvalue weighted by atomic mass is 10.1.